The zero-order valence-electron chi connectivity index (χ0n) is 15.4. The number of rotatable bonds is 7. The molecule has 2 aromatic rings. The van der Waals surface area contributed by atoms with Crippen molar-refractivity contribution in [2.45, 2.75) is 53.4 Å². The average Bonchev–Trinajstić information content (AvgIpc) is 2.55. The third-order valence-corrected chi connectivity index (χ3v) is 4.50. The second kappa shape index (κ2) is 7.78. The highest BCUT2D eigenvalue weighted by Crippen LogP contribution is 2.35. The van der Waals surface area contributed by atoms with E-state index in [1.807, 2.05) is 6.07 Å². The van der Waals surface area contributed by atoms with Crippen LogP contribution in [0.2, 0.25) is 0 Å². The lowest BCUT2D eigenvalue weighted by molar-refractivity contribution is 0.329. The molecule has 0 fully saturated rings. The lowest BCUT2D eigenvalue weighted by Gasteiger charge is -2.26. The van der Waals surface area contributed by atoms with Crippen LogP contribution >= 0.6 is 0 Å². The molecule has 0 saturated carbocycles. The van der Waals surface area contributed by atoms with E-state index < -0.39 is 0 Å². The van der Waals surface area contributed by atoms with Crippen molar-refractivity contribution >= 4 is 0 Å². The molecule has 0 saturated heterocycles. The summed E-state index contributed by atoms with van der Waals surface area (Å²) in [5.41, 5.74) is 4.16. The van der Waals surface area contributed by atoms with Gasteiger partial charge in [0.2, 0.25) is 5.88 Å². The monoisotopic (exact) mass is 329 g/mol. The molecule has 0 unspecified atom stereocenters. The standard InChI is InChI=1S/C21H28FNO/c1-6-10-21(3,4)13-16-11-15(7-2)8-9-17(16)18-12-20(24-5)23-14-19(18)22/h8-9,11-12,14H,6-7,10,13H2,1-5H3. The smallest absolute Gasteiger partial charge is 0.213 e. The van der Waals surface area contributed by atoms with E-state index in [-0.39, 0.29) is 11.2 Å². The minimum atomic E-state index is -0.311. The molecule has 0 aliphatic carbocycles. The third kappa shape index (κ3) is 4.34. The number of halogens is 1. The van der Waals surface area contributed by atoms with Crippen molar-refractivity contribution in [3.63, 3.8) is 0 Å². The number of ether oxygens (including phenoxy) is 1. The maximum atomic E-state index is 14.4. The minimum Gasteiger partial charge on any atom is -0.481 e. The first-order valence-electron chi connectivity index (χ1n) is 8.72. The van der Waals surface area contributed by atoms with E-state index >= 15 is 0 Å². The highest BCUT2D eigenvalue weighted by molar-refractivity contribution is 5.69. The van der Waals surface area contributed by atoms with Crippen LogP contribution in [0.3, 0.4) is 0 Å². The number of methoxy groups -OCH3 is 1. The summed E-state index contributed by atoms with van der Waals surface area (Å²) in [5, 5.41) is 0. The van der Waals surface area contributed by atoms with Crippen LogP contribution in [-0.4, -0.2) is 12.1 Å². The van der Waals surface area contributed by atoms with Crippen molar-refractivity contribution in [1.82, 2.24) is 4.98 Å². The molecule has 0 amide bonds. The second-order valence-corrected chi connectivity index (χ2v) is 7.14. The topological polar surface area (TPSA) is 22.1 Å². The fourth-order valence-corrected chi connectivity index (χ4v) is 3.29. The zero-order valence-corrected chi connectivity index (χ0v) is 15.4. The van der Waals surface area contributed by atoms with E-state index in [0.29, 0.717) is 11.4 Å². The van der Waals surface area contributed by atoms with E-state index in [1.54, 1.807) is 13.2 Å². The van der Waals surface area contributed by atoms with Crippen LogP contribution in [-0.2, 0) is 12.8 Å². The van der Waals surface area contributed by atoms with Gasteiger partial charge in [0.05, 0.1) is 13.3 Å². The molecule has 2 nitrogen and oxygen atoms in total. The highest BCUT2D eigenvalue weighted by atomic mass is 19.1. The molecule has 1 heterocycles. The summed E-state index contributed by atoms with van der Waals surface area (Å²) >= 11 is 0. The number of aryl methyl sites for hydroxylation is 1. The Kier molecular flexibility index (Phi) is 5.98. The Morgan fingerprint density at radius 2 is 1.88 bits per heavy atom. The lowest BCUT2D eigenvalue weighted by atomic mass is 9.79. The number of nitrogens with zero attached hydrogens (tertiary/aromatic N) is 1. The van der Waals surface area contributed by atoms with E-state index in [0.717, 1.165) is 31.2 Å². The second-order valence-electron chi connectivity index (χ2n) is 7.14. The summed E-state index contributed by atoms with van der Waals surface area (Å²) in [6.45, 7) is 8.91. The van der Waals surface area contributed by atoms with Crippen molar-refractivity contribution in [3.05, 3.63) is 47.4 Å². The molecule has 0 aliphatic rings. The molecule has 0 radical (unpaired) electrons. The minimum absolute atomic E-state index is 0.184. The molecule has 3 heteroatoms. The van der Waals surface area contributed by atoms with Crippen LogP contribution < -0.4 is 4.74 Å². The number of hydrogen-bond donors (Lipinski definition) is 0. The van der Waals surface area contributed by atoms with Gasteiger partial charge in [-0.25, -0.2) is 9.37 Å². The van der Waals surface area contributed by atoms with Crippen molar-refractivity contribution < 1.29 is 9.13 Å². The Bertz CT molecular complexity index is 694. The molecule has 130 valence electrons. The number of pyridine rings is 1. The third-order valence-electron chi connectivity index (χ3n) is 4.50. The van der Waals surface area contributed by atoms with Gasteiger partial charge in [-0.1, -0.05) is 52.3 Å². The van der Waals surface area contributed by atoms with Gasteiger partial charge in [-0.15, -0.1) is 0 Å². The van der Waals surface area contributed by atoms with Crippen LogP contribution in [0, 0.1) is 11.2 Å². The van der Waals surface area contributed by atoms with Crippen molar-refractivity contribution in [1.29, 1.82) is 0 Å². The van der Waals surface area contributed by atoms with Crippen LogP contribution in [0.4, 0.5) is 4.39 Å². The fraction of sp³-hybridized carbons (Fsp3) is 0.476. The summed E-state index contributed by atoms with van der Waals surface area (Å²) in [5.74, 6) is 0.124. The predicted molar refractivity (Wildman–Crippen MR) is 98.0 cm³/mol. The first-order chi connectivity index (χ1) is 11.4. The van der Waals surface area contributed by atoms with Crippen molar-refractivity contribution in [2.75, 3.05) is 7.11 Å². The van der Waals surface area contributed by atoms with Gasteiger partial charge in [-0.3, -0.25) is 0 Å². The summed E-state index contributed by atoms with van der Waals surface area (Å²) < 4.78 is 19.6. The van der Waals surface area contributed by atoms with E-state index in [1.165, 1.54) is 17.3 Å². The normalized spacial score (nSPS) is 11.6. The maximum absolute atomic E-state index is 14.4. The number of aromatic nitrogens is 1. The van der Waals surface area contributed by atoms with E-state index in [9.17, 15) is 4.39 Å². The van der Waals surface area contributed by atoms with Crippen LogP contribution in [0.5, 0.6) is 5.88 Å². The van der Waals surface area contributed by atoms with Crippen molar-refractivity contribution in [3.8, 4) is 17.0 Å². The molecule has 1 aromatic heterocycles. The first kappa shape index (κ1) is 18.4. The molecule has 0 spiro atoms. The average molecular weight is 329 g/mol. The molecular formula is C21H28FNO. The number of benzene rings is 1. The summed E-state index contributed by atoms with van der Waals surface area (Å²) in [6.07, 6.45) is 5.43. The Labute approximate surface area is 145 Å². The summed E-state index contributed by atoms with van der Waals surface area (Å²) in [7, 11) is 1.55. The van der Waals surface area contributed by atoms with Gasteiger partial charge in [-0.2, -0.15) is 0 Å². The van der Waals surface area contributed by atoms with E-state index in [2.05, 4.69) is 44.8 Å². The Morgan fingerprint density at radius 3 is 2.50 bits per heavy atom. The van der Waals surface area contributed by atoms with Gasteiger partial charge >= 0.3 is 0 Å². The highest BCUT2D eigenvalue weighted by Gasteiger charge is 2.21. The molecule has 0 bridgehead atoms. The summed E-state index contributed by atoms with van der Waals surface area (Å²) in [4.78, 5) is 3.95. The quantitative estimate of drug-likeness (QED) is 0.638. The van der Waals surface area contributed by atoms with Gasteiger partial charge in [0, 0.05) is 11.6 Å². The van der Waals surface area contributed by atoms with Crippen LogP contribution in [0.1, 0.15) is 51.7 Å². The molecular weight excluding hydrogens is 301 g/mol. The lowest BCUT2D eigenvalue weighted by Crippen LogP contribution is -2.15. The SMILES string of the molecule is CCCC(C)(C)Cc1cc(CC)ccc1-c1cc(OC)ncc1F. The maximum Gasteiger partial charge on any atom is 0.213 e. The molecule has 0 N–H and O–H groups in total. The number of hydrogen-bond acceptors (Lipinski definition) is 2. The zero-order chi connectivity index (χ0) is 17.7. The molecule has 0 atom stereocenters. The molecule has 2 rings (SSSR count). The Balaban J connectivity index is 2.53. The van der Waals surface area contributed by atoms with Crippen LogP contribution in [0.15, 0.2) is 30.5 Å². The van der Waals surface area contributed by atoms with E-state index in [4.69, 9.17) is 4.74 Å². The van der Waals surface area contributed by atoms with Gasteiger partial charge in [0.25, 0.3) is 0 Å². The summed E-state index contributed by atoms with van der Waals surface area (Å²) in [6, 6.07) is 8.03. The van der Waals surface area contributed by atoms with Crippen molar-refractivity contribution in [2.24, 2.45) is 5.41 Å². The van der Waals surface area contributed by atoms with Gasteiger partial charge in [-0.05, 0) is 41.4 Å². The largest absolute Gasteiger partial charge is 0.481 e. The molecule has 1 aromatic carbocycles. The molecule has 0 aliphatic heterocycles. The Morgan fingerprint density at radius 1 is 1.12 bits per heavy atom. The van der Waals surface area contributed by atoms with Gasteiger partial charge in [0.1, 0.15) is 5.82 Å². The Hall–Kier alpha value is -1.90. The van der Waals surface area contributed by atoms with Gasteiger partial charge < -0.3 is 4.74 Å². The first-order valence-corrected chi connectivity index (χ1v) is 8.72. The fourth-order valence-electron chi connectivity index (χ4n) is 3.29. The van der Waals surface area contributed by atoms with Gasteiger partial charge in [0.15, 0.2) is 0 Å². The predicted octanol–water partition coefficient (Wildman–Crippen LogP) is 5.83. The molecule has 24 heavy (non-hydrogen) atoms. The van der Waals surface area contributed by atoms with Crippen LogP contribution in [0.25, 0.3) is 11.1 Å².